The number of rotatable bonds is 2. The van der Waals surface area contributed by atoms with Gasteiger partial charge in [0.15, 0.2) is 0 Å². The van der Waals surface area contributed by atoms with E-state index in [1.165, 1.54) is 0 Å². The first-order valence-electron chi connectivity index (χ1n) is 8.07. The Morgan fingerprint density at radius 1 is 1.25 bits per heavy atom. The fraction of sp³-hybridized carbons (Fsp3) is 0.389. The quantitative estimate of drug-likeness (QED) is 0.890. The van der Waals surface area contributed by atoms with Crippen molar-refractivity contribution in [3.8, 4) is 0 Å². The van der Waals surface area contributed by atoms with Gasteiger partial charge in [-0.25, -0.2) is 0 Å². The predicted octanol–water partition coefficient (Wildman–Crippen LogP) is 2.59. The zero-order chi connectivity index (χ0) is 17.3. The lowest BCUT2D eigenvalue weighted by Crippen LogP contribution is -2.36. The number of carbonyl (C=O) groups is 2. The van der Waals surface area contributed by atoms with E-state index >= 15 is 0 Å². The number of para-hydroxylation sites is 1. The van der Waals surface area contributed by atoms with Gasteiger partial charge in [-0.2, -0.15) is 5.10 Å². The summed E-state index contributed by atoms with van der Waals surface area (Å²) in [6, 6.07) is 7.15. The zero-order valence-corrected chi connectivity index (χ0v) is 14.2. The van der Waals surface area contributed by atoms with E-state index in [2.05, 4.69) is 15.5 Å². The molecule has 2 heterocycles. The molecule has 0 spiro atoms. The predicted molar refractivity (Wildman–Crippen MR) is 91.6 cm³/mol. The molecule has 126 valence electrons. The highest BCUT2D eigenvalue weighted by atomic mass is 16.2. The van der Waals surface area contributed by atoms with Crippen LogP contribution in [0.15, 0.2) is 30.5 Å². The molecule has 1 aliphatic rings. The number of benzene rings is 1. The first-order valence-corrected chi connectivity index (χ1v) is 8.07. The monoisotopic (exact) mass is 326 g/mol. The van der Waals surface area contributed by atoms with Gasteiger partial charge in [0.2, 0.25) is 5.91 Å². The van der Waals surface area contributed by atoms with Gasteiger partial charge in [0.25, 0.3) is 5.91 Å². The molecule has 2 N–H and O–H groups in total. The first-order chi connectivity index (χ1) is 11.4. The van der Waals surface area contributed by atoms with Crippen LogP contribution >= 0.6 is 0 Å². The number of carbonyl (C=O) groups excluding carboxylic acids is 2. The van der Waals surface area contributed by atoms with Crippen LogP contribution in [0.4, 0.5) is 5.69 Å². The van der Waals surface area contributed by atoms with Gasteiger partial charge in [0.05, 0.1) is 17.4 Å². The fourth-order valence-electron chi connectivity index (χ4n) is 2.65. The molecule has 0 saturated heterocycles. The lowest BCUT2D eigenvalue weighted by Gasteiger charge is -2.27. The van der Waals surface area contributed by atoms with Crippen molar-refractivity contribution < 1.29 is 9.59 Å². The molecule has 1 aromatic heterocycles. The number of nitrogens with zero attached hydrogens (tertiary/aromatic N) is 2. The highest BCUT2D eigenvalue weighted by Gasteiger charge is 2.26. The summed E-state index contributed by atoms with van der Waals surface area (Å²) in [5, 5.41) is 9.88. The summed E-state index contributed by atoms with van der Waals surface area (Å²) in [6.07, 6.45) is 2.53. The minimum Gasteiger partial charge on any atom is -0.334 e. The molecule has 24 heavy (non-hydrogen) atoms. The maximum atomic E-state index is 12.9. The Morgan fingerprint density at radius 3 is 2.75 bits per heavy atom. The van der Waals surface area contributed by atoms with Gasteiger partial charge in [-0.1, -0.05) is 32.9 Å². The van der Waals surface area contributed by atoms with Crippen LogP contribution in [0.25, 0.3) is 0 Å². The maximum absolute atomic E-state index is 12.9. The van der Waals surface area contributed by atoms with E-state index in [-0.39, 0.29) is 11.8 Å². The van der Waals surface area contributed by atoms with E-state index in [0.717, 1.165) is 17.7 Å². The smallest absolute Gasteiger partial charge is 0.256 e. The van der Waals surface area contributed by atoms with E-state index in [1.54, 1.807) is 23.2 Å². The molecule has 2 amide bonds. The number of aromatic nitrogens is 2. The summed E-state index contributed by atoms with van der Waals surface area (Å²) in [5.74, 6) is -0.190. The Kier molecular flexibility index (Phi) is 4.13. The molecule has 6 heteroatoms. The maximum Gasteiger partial charge on any atom is 0.256 e. The van der Waals surface area contributed by atoms with Crippen LogP contribution < -0.4 is 5.32 Å². The standard InChI is InChI=1S/C18H22N4O2/c1-18(2,3)17(24)20-15-7-5-4-6-13(15)16(23)22-9-8-14-12(11-22)10-19-21-14/h4-7,10H,8-9,11H2,1-3H3,(H,19,21)(H,20,24). The van der Waals surface area contributed by atoms with Gasteiger partial charge >= 0.3 is 0 Å². The molecule has 0 atom stereocenters. The van der Waals surface area contributed by atoms with Crippen LogP contribution in [0.2, 0.25) is 0 Å². The molecule has 3 rings (SSSR count). The Balaban J connectivity index is 1.82. The van der Waals surface area contributed by atoms with Crippen molar-refractivity contribution in [1.29, 1.82) is 0 Å². The Morgan fingerprint density at radius 2 is 2.00 bits per heavy atom. The Bertz CT molecular complexity index is 773. The van der Waals surface area contributed by atoms with Crippen LogP contribution in [0.3, 0.4) is 0 Å². The summed E-state index contributed by atoms with van der Waals surface area (Å²) < 4.78 is 0. The molecular formula is C18H22N4O2. The minimum atomic E-state index is -0.521. The molecule has 6 nitrogen and oxygen atoms in total. The molecule has 0 bridgehead atoms. The minimum absolute atomic E-state index is 0.0772. The molecule has 0 saturated carbocycles. The van der Waals surface area contributed by atoms with E-state index in [4.69, 9.17) is 0 Å². The number of nitrogens with one attached hydrogen (secondary N) is 2. The van der Waals surface area contributed by atoms with Gasteiger partial charge in [-0.15, -0.1) is 0 Å². The van der Waals surface area contributed by atoms with Gasteiger partial charge in [-0.3, -0.25) is 14.7 Å². The van der Waals surface area contributed by atoms with Gasteiger partial charge < -0.3 is 10.2 Å². The normalized spacial score (nSPS) is 14.2. The Hall–Kier alpha value is -2.63. The van der Waals surface area contributed by atoms with Gasteiger partial charge in [0, 0.05) is 36.2 Å². The topological polar surface area (TPSA) is 78.1 Å². The second kappa shape index (κ2) is 6.11. The van der Waals surface area contributed by atoms with Crippen LogP contribution in [-0.2, 0) is 17.8 Å². The van der Waals surface area contributed by atoms with Crippen molar-refractivity contribution >= 4 is 17.5 Å². The second-order valence-corrected chi connectivity index (χ2v) is 7.10. The van der Waals surface area contributed by atoms with E-state index in [1.807, 2.05) is 32.9 Å². The summed E-state index contributed by atoms with van der Waals surface area (Å²) in [4.78, 5) is 27.0. The van der Waals surface area contributed by atoms with Crippen LogP contribution in [0.1, 0.15) is 42.4 Å². The highest BCUT2D eigenvalue weighted by molar-refractivity contribution is 6.04. The average Bonchev–Trinajstić information content (AvgIpc) is 3.01. The largest absolute Gasteiger partial charge is 0.334 e. The molecule has 0 aliphatic carbocycles. The molecule has 1 aromatic carbocycles. The number of hydrogen-bond donors (Lipinski definition) is 2. The molecule has 2 aromatic rings. The molecule has 1 aliphatic heterocycles. The first kappa shape index (κ1) is 16.2. The molecule has 0 unspecified atom stereocenters. The van der Waals surface area contributed by atoms with E-state index in [0.29, 0.717) is 24.3 Å². The summed E-state index contributed by atoms with van der Waals surface area (Å²) in [6.45, 7) is 6.70. The fourth-order valence-corrected chi connectivity index (χ4v) is 2.65. The van der Waals surface area contributed by atoms with Crippen LogP contribution in [0.5, 0.6) is 0 Å². The number of hydrogen-bond acceptors (Lipinski definition) is 3. The van der Waals surface area contributed by atoms with Gasteiger partial charge in [-0.05, 0) is 12.1 Å². The number of anilines is 1. The SMILES string of the molecule is CC(C)(C)C(=O)Nc1ccccc1C(=O)N1CCc2[nH]ncc2C1. The lowest BCUT2D eigenvalue weighted by molar-refractivity contribution is -0.123. The highest BCUT2D eigenvalue weighted by Crippen LogP contribution is 2.24. The van der Waals surface area contributed by atoms with Crippen molar-refractivity contribution in [2.24, 2.45) is 5.41 Å². The molecule has 0 fully saturated rings. The van der Waals surface area contributed by atoms with Gasteiger partial charge in [0.1, 0.15) is 0 Å². The summed E-state index contributed by atoms with van der Waals surface area (Å²) >= 11 is 0. The second-order valence-electron chi connectivity index (χ2n) is 7.10. The molecule has 0 radical (unpaired) electrons. The number of fused-ring (bicyclic) bond motifs is 1. The van der Waals surface area contributed by atoms with Crippen molar-refractivity contribution in [3.63, 3.8) is 0 Å². The number of aromatic amines is 1. The third-order valence-electron chi connectivity index (χ3n) is 4.17. The van der Waals surface area contributed by atoms with Crippen molar-refractivity contribution in [3.05, 3.63) is 47.3 Å². The number of amides is 2. The van der Waals surface area contributed by atoms with Crippen LogP contribution in [0, 0.1) is 5.41 Å². The zero-order valence-electron chi connectivity index (χ0n) is 14.2. The van der Waals surface area contributed by atoms with Crippen molar-refractivity contribution in [1.82, 2.24) is 15.1 Å². The van der Waals surface area contributed by atoms with Crippen molar-refractivity contribution in [2.45, 2.75) is 33.7 Å². The summed E-state index contributed by atoms with van der Waals surface area (Å²) in [5.41, 5.74) is 2.69. The van der Waals surface area contributed by atoms with Crippen molar-refractivity contribution in [2.75, 3.05) is 11.9 Å². The third-order valence-corrected chi connectivity index (χ3v) is 4.17. The number of H-pyrrole nitrogens is 1. The third kappa shape index (κ3) is 3.18. The van der Waals surface area contributed by atoms with E-state index in [9.17, 15) is 9.59 Å². The summed E-state index contributed by atoms with van der Waals surface area (Å²) in [7, 11) is 0. The Labute approximate surface area is 141 Å². The van der Waals surface area contributed by atoms with Crippen LogP contribution in [-0.4, -0.2) is 33.5 Å². The average molecular weight is 326 g/mol. The molecular weight excluding hydrogens is 304 g/mol. The van der Waals surface area contributed by atoms with E-state index < -0.39 is 5.41 Å². The lowest BCUT2D eigenvalue weighted by atomic mass is 9.95.